The molecule has 0 fully saturated rings. The van der Waals surface area contributed by atoms with Gasteiger partial charge in [0.05, 0.1) is 5.56 Å². The molecule has 88 valence electrons. The van der Waals surface area contributed by atoms with Gasteiger partial charge in [-0.1, -0.05) is 24.3 Å². The van der Waals surface area contributed by atoms with Gasteiger partial charge >= 0.3 is 0 Å². The molecule has 0 aliphatic carbocycles. The van der Waals surface area contributed by atoms with Crippen molar-refractivity contribution in [3.63, 3.8) is 0 Å². The Kier molecular flexibility index (Phi) is 1.97. The van der Waals surface area contributed by atoms with Crippen molar-refractivity contribution in [3.8, 4) is 22.6 Å². The van der Waals surface area contributed by atoms with E-state index < -0.39 is 0 Å². The van der Waals surface area contributed by atoms with E-state index in [0.717, 1.165) is 22.6 Å². The molecule has 2 aliphatic rings. The van der Waals surface area contributed by atoms with Gasteiger partial charge in [-0.3, -0.25) is 0 Å². The fraction of sp³-hybridized carbons (Fsp3) is 0.125. The lowest BCUT2D eigenvalue weighted by atomic mass is 9.94. The van der Waals surface area contributed by atoms with Crippen LogP contribution in [0, 0.1) is 0 Å². The Hall–Kier alpha value is -2.22. The summed E-state index contributed by atoms with van der Waals surface area (Å²) in [6.07, 6.45) is 4.11. The third kappa shape index (κ3) is 1.29. The van der Waals surface area contributed by atoms with E-state index in [0.29, 0.717) is 13.2 Å². The molecule has 0 N–H and O–H groups in total. The van der Waals surface area contributed by atoms with E-state index in [4.69, 9.17) is 9.47 Å². The minimum Gasteiger partial charge on any atom is -0.489 e. The molecule has 2 aromatic rings. The fourth-order valence-corrected chi connectivity index (χ4v) is 2.60. The average Bonchev–Trinajstić information content (AvgIpc) is 2.46. The van der Waals surface area contributed by atoms with Crippen molar-refractivity contribution in [3.05, 3.63) is 53.6 Å². The van der Waals surface area contributed by atoms with Crippen LogP contribution >= 0.6 is 0 Å². The molecule has 4 rings (SSSR count). The standard InChI is InChI=1S/C16H12O2/c1-2-5-12-11(4-1)10-18-16-13(12)7-8-15-14(16)6-3-9-17-15/h1-8H,9-10H2. The normalized spacial score (nSPS) is 14.9. The maximum absolute atomic E-state index is 5.92. The van der Waals surface area contributed by atoms with Crippen molar-refractivity contribution >= 4 is 6.08 Å². The summed E-state index contributed by atoms with van der Waals surface area (Å²) in [5.41, 5.74) is 4.73. The molecule has 2 heteroatoms. The van der Waals surface area contributed by atoms with Crippen molar-refractivity contribution in [1.29, 1.82) is 0 Å². The van der Waals surface area contributed by atoms with Crippen LogP contribution in [0.1, 0.15) is 11.1 Å². The zero-order chi connectivity index (χ0) is 11.9. The molecule has 2 aliphatic heterocycles. The first kappa shape index (κ1) is 9.77. The zero-order valence-electron chi connectivity index (χ0n) is 9.85. The average molecular weight is 236 g/mol. The zero-order valence-corrected chi connectivity index (χ0v) is 9.85. The van der Waals surface area contributed by atoms with E-state index in [2.05, 4.69) is 36.4 Å². The van der Waals surface area contributed by atoms with Gasteiger partial charge in [-0.25, -0.2) is 0 Å². The lowest BCUT2D eigenvalue weighted by Gasteiger charge is -2.24. The first-order valence-corrected chi connectivity index (χ1v) is 6.11. The van der Waals surface area contributed by atoms with E-state index in [-0.39, 0.29) is 0 Å². The molecule has 0 radical (unpaired) electrons. The largest absolute Gasteiger partial charge is 0.489 e. The number of benzene rings is 2. The number of hydrogen-bond acceptors (Lipinski definition) is 2. The van der Waals surface area contributed by atoms with Gasteiger partial charge in [-0.15, -0.1) is 0 Å². The number of fused-ring (bicyclic) bond motifs is 5. The Morgan fingerprint density at radius 1 is 0.889 bits per heavy atom. The molecule has 2 nitrogen and oxygen atoms in total. The summed E-state index contributed by atoms with van der Waals surface area (Å²) in [6.45, 7) is 1.27. The maximum Gasteiger partial charge on any atom is 0.138 e. The Morgan fingerprint density at radius 2 is 1.83 bits per heavy atom. The molecule has 0 saturated carbocycles. The highest BCUT2D eigenvalue weighted by atomic mass is 16.5. The summed E-state index contributed by atoms with van der Waals surface area (Å²) < 4.78 is 11.5. The molecule has 0 saturated heterocycles. The summed E-state index contributed by atoms with van der Waals surface area (Å²) in [4.78, 5) is 0. The second kappa shape index (κ2) is 3.64. The molecule has 0 aromatic heterocycles. The first-order chi connectivity index (χ1) is 8.93. The van der Waals surface area contributed by atoms with Crippen molar-refractivity contribution in [1.82, 2.24) is 0 Å². The number of rotatable bonds is 0. The lowest BCUT2D eigenvalue weighted by Crippen LogP contribution is -2.09. The SMILES string of the molecule is C1=Cc2c(ccc3c2OCc2ccccc2-3)OC1. The van der Waals surface area contributed by atoms with Crippen LogP contribution in [0.15, 0.2) is 42.5 Å². The fourth-order valence-electron chi connectivity index (χ4n) is 2.60. The highest BCUT2D eigenvalue weighted by molar-refractivity contribution is 5.82. The van der Waals surface area contributed by atoms with E-state index in [1.165, 1.54) is 11.1 Å². The van der Waals surface area contributed by atoms with Crippen LogP contribution in [0.3, 0.4) is 0 Å². The van der Waals surface area contributed by atoms with Crippen molar-refractivity contribution in [2.45, 2.75) is 6.61 Å². The number of hydrogen-bond donors (Lipinski definition) is 0. The Morgan fingerprint density at radius 3 is 2.83 bits per heavy atom. The monoisotopic (exact) mass is 236 g/mol. The van der Waals surface area contributed by atoms with E-state index in [1.54, 1.807) is 0 Å². The summed E-state index contributed by atoms with van der Waals surface area (Å²) in [6, 6.07) is 12.5. The van der Waals surface area contributed by atoms with Gasteiger partial charge in [0.25, 0.3) is 0 Å². The molecular weight excluding hydrogens is 224 g/mol. The van der Waals surface area contributed by atoms with Crippen LogP contribution in [0.25, 0.3) is 17.2 Å². The van der Waals surface area contributed by atoms with E-state index in [9.17, 15) is 0 Å². The van der Waals surface area contributed by atoms with Gasteiger partial charge in [0.15, 0.2) is 0 Å². The smallest absolute Gasteiger partial charge is 0.138 e. The molecule has 0 atom stereocenters. The van der Waals surface area contributed by atoms with Crippen LogP contribution in [0.2, 0.25) is 0 Å². The third-order valence-electron chi connectivity index (χ3n) is 3.46. The van der Waals surface area contributed by atoms with Crippen LogP contribution < -0.4 is 9.47 Å². The van der Waals surface area contributed by atoms with Gasteiger partial charge in [0, 0.05) is 5.56 Å². The van der Waals surface area contributed by atoms with Gasteiger partial charge in [0.2, 0.25) is 0 Å². The Balaban J connectivity index is 2.00. The molecule has 0 bridgehead atoms. The molecular formula is C16H12O2. The van der Waals surface area contributed by atoms with Crippen LogP contribution in [-0.4, -0.2) is 6.61 Å². The maximum atomic E-state index is 5.92. The predicted molar refractivity (Wildman–Crippen MR) is 70.7 cm³/mol. The Bertz CT molecular complexity index is 656. The Labute approximate surface area is 105 Å². The van der Waals surface area contributed by atoms with Crippen molar-refractivity contribution < 1.29 is 9.47 Å². The minimum absolute atomic E-state index is 0.632. The van der Waals surface area contributed by atoms with Crippen molar-refractivity contribution in [2.75, 3.05) is 6.61 Å². The van der Waals surface area contributed by atoms with Crippen LogP contribution in [0.4, 0.5) is 0 Å². The predicted octanol–water partition coefficient (Wildman–Crippen LogP) is 3.65. The van der Waals surface area contributed by atoms with E-state index >= 15 is 0 Å². The second-order valence-electron chi connectivity index (χ2n) is 4.51. The summed E-state index contributed by atoms with van der Waals surface area (Å²) in [5.74, 6) is 1.86. The summed E-state index contributed by atoms with van der Waals surface area (Å²) in [5, 5.41) is 0. The molecule has 18 heavy (non-hydrogen) atoms. The van der Waals surface area contributed by atoms with Gasteiger partial charge in [0.1, 0.15) is 24.7 Å². The third-order valence-corrected chi connectivity index (χ3v) is 3.46. The quantitative estimate of drug-likeness (QED) is 0.695. The molecule has 2 aromatic carbocycles. The molecule has 2 heterocycles. The van der Waals surface area contributed by atoms with Gasteiger partial charge in [-0.2, -0.15) is 0 Å². The molecule has 0 spiro atoms. The summed E-state index contributed by atoms with van der Waals surface area (Å²) in [7, 11) is 0. The topological polar surface area (TPSA) is 18.5 Å². The van der Waals surface area contributed by atoms with Gasteiger partial charge < -0.3 is 9.47 Å². The van der Waals surface area contributed by atoms with Gasteiger partial charge in [-0.05, 0) is 35.4 Å². The van der Waals surface area contributed by atoms with E-state index in [1.807, 2.05) is 12.1 Å². The minimum atomic E-state index is 0.632. The van der Waals surface area contributed by atoms with Crippen LogP contribution in [0.5, 0.6) is 11.5 Å². The summed E-state index contributed by atoms with van der Waals surface area (Å²) >= 11 is 0. The van der Waals surface area contributed by atoms with Crippen molar-refractivity contribution in [2.24, 2.45) is 0 Å². The second-order valence-corrected chi connectivity index (χ2v) is 4.51. The van der Waals surface area contributed by atoms with Crippen LogP contribution in [-0.2, 0) is 6.61 Å². The number of ether oxygens (including phenoxy) is 2. The molecule has 0 unspecified atom stereocenters. The highest BCUT2D eigenvalue weighted by Gasteiger charge is 2.22. The molecule has 0 amide bonds. The highest BCUT2D eigenvalue weighted by Crippen LogP contribution is 2.44. The first-order valence-electron chi connectivity index (χ1n) is 6.11. The lowest BCUT2D eigenvalue weighted by molar-refractivity contribution is 0.296.